The molecule has 11 heteroatoms. The molecule has 1 heterocycles. The number of halogens is 3. The van der Waals surface area contributed by atoms with Crippen LogP contribution in [-0.4, -0.2) is 20.8 Å². The Balaban J connectivity index is 1.99. The number of hydrogen-bond acceptors (Lipinski definition) is 5. The predicted octanol–water partition coefficient (Wildman–Crippen LogP) is 3.88. The van der Waals surface area contributed by atoms with Gasteiger partial charge in [0.2, 0.25) is 0 Å². The smallest absolute Gasteiger partial charge is 0.341 e. The number of aromatic nitrogens is 3. The summed E-state index contributed by atoms with van der Waals surface area (Å²) in [6, 6.07) is 17.7. The van der Waals surface area contributed by atoms with E-state index >= 15 is 0 Å². The average molecular weight is 548 g/mol. The first kappa shape index (κ1) is 25.8. The third-order valence-corrected chi connectivity index (χ3v) is 6.78. The minimum absolute atomic E-state index is 0.0269. The number of benzene rings is 3. The van der Waals surface area contributed by atoms with Gasteiger partial charge in [0.05, 0.1) is 25.9 Å². The standard InChI is InChI=1S/C25H21Cl3N4O4/c1-36-21-12-6-11-20(22(21)28)32-24(34)30(13-16-17(26)9-5-10-18(16)27)23(33)31(25(32)35)14-19(29)15-7-3-2-4-8-15/h2-12,19H,13-14,29H2,1H3. The van der Waals surface area contributed by atoms with Crippen LogP contribution in [0.15, 0.2) is 81.1 Å². The van der Waals surface area contributed by atoms with Crippen molar-refractivity contribution in [3.8, 4) is 11.4 Å². The predicted molar refractivity (Wildman–Crippen MR) is 141 cm³/mol. The van der Waals surface area contributed by atoms with Crippen molar-refractivity contribution < 1.29 is 4.74 Å². The number of nitrogens with zero attached hydrogens (tertiary/aromatic N) is 3. The topological polar surface area (TPSA) is 101 Å². The molecule has 4 aromatic rings. The maximum absolute atomic E-state index is 13.6. The molecule has 1 atom stereocenters. The number of methoxy groups -OCH3 is 1. The Hall–Kier alpha value is -3.30. The van der Waals surface area contributed by atoms with E-state index < -0.39 is 23.1 Å². The average Bonchev–Trinajstić information content (AvgIpc) is 2.87. The summed E-state index contributed by atoms with van der Waals surface area (Å²) in [5.74, 6) is 0.250. The Morgan fingerprint density at radius 3 is 2.06 bits per heavy atom. The van der Waals surface area contributed by atoms with Gasteiger partial charge in [-0.1, -0.05) is 77.3 Å². The molecule has 0 amide bonds. The number of nitrogens with two attached hydrogens (primary N) is 1. The van der Waals surface area contributed by atoms with Crippen molar-refractivity contribution in [3.05, 3.63) is 124 Å². The summed E-state index contributed by atoms with van der Waals surface area (Å²) in [5, 5.41) is 0.552. The summed E-state index contributed by atoms with van der Waals surface area (Å²) < 4.78 is 7.83. The summed E-state index contributed by atoms with van der Waals surface area (Å²) in [6.07, 6.45) is 0. The van der Waals surface area contributed by atoms with Crippen molar-refractivity contribution in [1.29, 1.82) is 0 Å². The van der Waals surface area contributed by atoms with E-state index in [1.165, 1.54) is 13.2 Å². The first-order valence-electron chi connectivity index (χ1n) is 10.8. The Kier molecular flexibility index (Phi) is 7.70. The number of rotatable bonds is 7. The second-order valence-electron chi connectivity index (χ2n) is 7.89. The van der Waals surface area contributed by atoms with Gasteiger partial charge < -0.3 is 10.5 Å². The molecular formula is C25H21Cl3N4O4. The van der Waals surface area contributed by atoms with E-state index in [4.69, 9.17) is 45.3 Å². The molecule has 0 radical (unpaired) electrons. The molecule has 3 aromatic carbocycles. The van der Waals surface area contributed by atoms with Crippen LogP contribution in [0.4, 0.5) is 0 Å². The Bertz CT molecular complexity index is 1580. The van der Waals surface area contributed by atoms with E-state index in [0.717, 1.165) is 13.7 Å². The van der Waals surface area contributed by atoms with E-state index in [-0.39, 0.29) is 39.6 Å². The van der Waals surface area contributed by atoms with Gasteiger partial charge in [0.15, 0.2) is 0 Å². The molecule has 0 aliphatic carbocycles. The monoisotopic (exact) mass is 546 g/mol. The maximum Gasteiger partial charge on any atom is 0.341 e. The van der Waals surface area contributed by atoms with E-state index in [9.17, 15) is 14.4 Å². The van der Waals surface area contributed by atoms with Crippen LogP contribution in [0.5, 0.6) is 5.75 Å². The highest BCUT2D eigenvalue weighted by Gasteiger charge is 2.22. The van der Waals surface area contributed by atoms with Crippen LogP contribution in [0.2, 0.25) is 15.1 Å². The van der Waals surface area contributed by atoms with Gasteiger partial charge in [-0.25, -0.2) is 28.1 Å². The van der Waals surface area contributed by atoms with Gasteiger partial charge in [-0.05, 0) is 29.8 Å². The molecule has 4 rings (SSSR count). The zero-order valence-electron chi connectivity index (χ0n) is 19.0. The molecule has 0 spiro atoms. The van der Waals surface area contributed by atoms with Gasteiger partial charge in [-0.2, -0.15) is 0 Å². The highest BCUT2D eigenvalue weighted by molar-refractivity contribution is 6.36. The number of ether oxygens (including phenoxy) is 1. The molecule has 0 aliphatic rings. The van der Waals surface area contributed by atoms with Crippen molar-refractivity contribution in [2.75, 3.05) is 7.11 Å². The fourth-order valence-corrected chi connectivity index (χ4v) is 4.61. The molecule has 0 aliphatic heterocycles. The zero-order chi connectivity index (χ0) is 26.0. The van der Waals surface area contributed by atoms with Crippen molar-refractivity contribution in [3.63, 3.8) is 0 Å². The van der Waals surface area contributed by atoms with Gasteiger partial charge in [0.25, 0.3) is 0 Å². The van der Waals surface area contributed by atoms with Crippen LogP contribution in [-0.2, 0) is 13.1 Å². The third-order valence-electron chi connectivity index (χ3n) is 5.69. The lowest BCUT2D eigenvalue weighted by molar-refractivity contribution is 0.414. The second-order valence-corrected chi connectivity index (χ2v) is 9.08. The fraction of sp³-hybridized carbons (Fsp3) is 0.160. The Morgan fingerprint density at radius 1 is 0.806 bits per heavy atom. The van der Waals surface area contributed by atoms with E-state index in [1.54, 1.807) is 54.6 Å². The van der Waals surface area contributed by atoms with Crippen molar-refractivity contribution in [2.45, 2.75) is 19.1 Å². The lowest BCUT2D eigenvalue weighted by atomic mass is 10.1. The molecule has 0 saturated carbocycles. The summed E-state index contributed by atoms with van der Waals surface area (Å²) in [7, 11) is 1.41. The van der Waals surface area contributed by atoms with E-state index in [0.29, 0.717) is 11.1 Å². The Labute approximate surface area is 220 Å². The van der Waals surface area contributed by atoms with Crippen LogP contribution < -0.4 is 27.5 Å². The van der Waals surface area contributed by atoms with Gasteiger partial charge in [0.1, 0.15) is 10.8 Å². The lowest BCUT2D eigenvalue weighted by Gasteiger charge is -2.18. The summed E-state index contributed by atoms with van der Waals surface area (Å²) >= 11 is 19.1. The van der Waals surface area contributed by atoms with Crippen molar-refractivity contribution >= 4 is 34.8 Å². The summed E-state index contributed by atoms with van der Waals surface area (Å²) in [4.78, 5) is 40.7. The minimum atomic E-state index is -0.916. The Morgan fingerprint density at radius 2 is 1.42 bits per heavy atom. The highest BCUT2D eigenvalue weighted by Crippen LogP contribution is 2.29. The molecule has 0 fully saturated rings. The molecule has 1 aromatic heterocycles. The van der Waals surface area contributed by atoms with Crippen LogP contribution in [0, 0.1) is 0 Å². The molecule has 8 nitrogen and oxygen atoms in total. The van der Waals surface area contributed by atoms with Crippen LogP contribution in [0.3, 0.4) is 0 Å². The summed E-state index contributed by atoms with van der Waals surface area (Å²) in [5.41, 5.74) is 4.77. The van der Waals surface area contributed by atoms with Gasteiger partial charge in [0, 0.05) is 21.7 Å². The molecule has 36 heavy (non-hydrogen) atoms. The van der Waals surface area contributed by atoms with Crippen molar-refractivity contribution in [2.24, 2.45) is 5.73 Å². The maximum atomic E-state index is 13.6. The van der Waals surface area contributed by atoms with Crippen molar-refractivity contribution in [1.82, 2.24) is 13.7 Å². The van der Waals surface area contributed by atoms with Gasteiger partial charge in [-0.15, -0.1) is 0 Å². The quantitative estimate of drug-likeness (QED) is 0.378. The van der Waals surface area contributed by atoms with Gasteiger partial charge in [-0.3, -0.25) is 0 Å². The summed E-state index contributed by atoms with van der Waals surface area (Å²) in [6.45, 7) is -0.474. The molecule has 2 N–H and O–H groups in total. The molecular weight excluding hydrogens is 527 g/mol. The second kappa shape index (κ2) is 10.8. The van der Waals surface area contributed by atoms with E-state index in [1.807, 2.05) is 6.07 Å². The highest BCUT2D eigenvalue weighted by atomic mass is 35.5. The molecule has 1 unspecified atom stereocenters. The van der Waals surface area contributed by atoms with Crippen LogP contribution in [0.25, 0.3) is 5.69 Å². The number of hydrogen-bond donors (Lipinski definition) is 1. The van der Waals surface area contributed by atoms with Crippen LogP contribution >= 0.6 is 34.8 Å². The van der Waals surface area contributed by atoms with Gasteiger partial charge >= 0.3 is 17.1 Å². The first-order chi connectivity index (χ1) is 17.2. The zero-order valence-corrected chi connectivity index (χ0v) is 21.3. The molecule has 186 valence electrons. The molecule has 0 saturated heterocycles. The van der Waals surface area contributed by atoms with Crippen LogP contribution in [0.1, 0.15) is 17.2 Å². The lowest BCUT2D eigenvalue weighted by Crippen LogP contribution is -2.55. The normalized spacial score (nSPS) is 11.9. The SMILES string of the molecule is COc1cccc(-n2c(=O)n(Cc3c(Cl)cccc3Cl)c(=O)n(CC(N)c3ccccc3)c2=O)c1Cl. The first-order valence-corrected chi connectivity index (χ1v) is 11.9. The third kappa shape index (κ3) is 4.85. The minimum Gasteiger partial charge on any atom is -0.495 e. The largest absolute Gasteiger partial charge is 0.495 e. The molecule has 0 bridgehead atoms. The van der Waals surface area contributed by atoms with E-state index in [2.05, 4.69) is 0 Å². The fourth-order valence-electron chi connectivity index (χ4n) is 3.80.